The molecule has 5 nitrogen and oxygen atoms in total. The van der Waals surface area contributed by atoms with Crippen molar-refractivity contribution in [2.24, 2.45) is 5.41 Å². The first-order chi connectivity index (χ1) is 13.7. The molecule has 0 radical (unpaired) electrons. The van der Waals surface area contributed by atoms with E-state index in [0.29, 0.717) is 6.04 Å². The molecule has 2 atom stereocenters. The zero-order valence-corrected chi connectivity index (χ0v) is 16.5. The van der Waals surface area contributed by atoms with Gasteiger partial charge in [0.1, 0.15) is 5.76 Å². The Morgan fingerprint density at radius 3 is 2.46 bits per heavy atom. The van der Waals surface area contributed by atoms with Gasteiger partial charge in [-0.05, 0) is 43.4 Å². The molecule has 0 saturated carbocycles. The van der Waals surface area contributed by atoms with Crippen molar-refractivity contribution in [3.05, 3.63) is 60.1 Å². The van der Waals surface area contributed by atoms with Gasteiger partial charge >= 0.3 is 0 Å². The van der Waals surface area contributed by atoms with Gasteiger partial charge < -0.3 is 14.6 Å². The van der Waals surface area contributed by atoms with Crippen LogP contribution in [0.15, 0.2) is 53.1 Å². The summed E-state index contributed by atoms with van der Waals surface area (Å²) < 4.78 is 5.48. The van der Waals surface area contributed by atoms with Gasteiger partial charge in [-0.15, -0.1) is 0 Å². The summed E-state index contributed by atoms with van der Waals surface area (Å²) >= 11 is 0. The molecule has 4 rings (SSSR count). The third kappa shape index (κ3) is 4.33. The molecule has 0 unspecified atom stereocenters. The van der Waals surface area contributed by atoms with E-state index in [1.54, 1.807) is 6.26 Å². The van der Waals surface area contributed by atoms with E-state index >= 15 is 0 Å². The van der Waals surface area contributed by atoms with Gasteiger partial charge in [0.05, 0.1) is 25.5 Å². The minimum absolute atomic E-state index is 0.0247. The second kappa shape index (κ2) is 8.78. The standard InChI is InChI=1S/C23H32N2O3/c26-18-23(15-19-5-2-1-3-6-19)17-25(13-10-22(23)27)20-8-11-24(12-9-20)16-21-7-4-14-28-21/h1-7,14,20,22,26-27H,8-13,15-18H2/t22-,23+/m0/s1. The molecule has 1 aromatic heterocycles. The summed E-state index contributed by atoms with van der Waals surface area (Å²) in [6.07, 6.45) is 5.00. The first-order valence-corrected chi connectivity index (χ1v) is 10.5. The minimum Gasteiger partial charge on any atom is -0.468 e. The molecule has 2 aliphatic rings. The summed E-state index contributed by atoms with van der Waals surface area (Å²) in [5.74, 6) is 1.03. The highest BCUT2D eigenvalue weighted by atomic mass is 16.3. The maximum absolute atomic E-state index is 10.8. The van der Waals surface area contributed by atoms with E-state index in [0.717, 1.165) is 64.2 Å². The lowest BCUT2D eigenvalue weighted by Gasteiger charge is -2.49. The molecular formula is C23H32N2O3. The first-order valence-electron chi connectivity index (χ1n) is 10.5. The quantitative estimate of drug-likeness (QED) is 0.802. The van der Waals surface area contributed by atoms with Crippen LogP contribution in [0, 0.1) is 5.41 Å². The Morgan fingerprint density at radius 1 is 1.00 bits per heavy atom. The van der Waals surface area contributed by atoms with Crippen molar-refractivity contribution in [3.8, 4) is 0 Å². The summed E-state index contributed by atoms with van der Waals surface area (Å²) in [6, 6.07) is 14.8. The van der Waals surface area contributed by atoms with Crippen LogP contribution in [0.4, 0.5) is 0 Å². The number of rotatable bonds is 6. The molecule has 0 aliphatic carbocycles. The second-order valence-electron chi connectivity index (χ2n) is 8.54. The fourth-order valence-corrected chi connectivity index (χ4v) is 4.95. The molecule has 0 amide bonds. The third-order valence-corrected chi connectivity index (χ3v) is 6.66. The van der Waals surface area contributed by atoms with Crippen molar-refractivity contribution < 1.29 is 14.6 Å². The molecule has 2 aromatic rings. The highest BCUT2D eigenvalue weighted by Gasteiger charge is 2.44. The molecule has 2 saturated heterocycles. The zero-order valence-electron chi connectivity index (χ0n) is 16.5. The van der Waals surface area contributed by atoms with Crippen LogP contribution in [0.25, 0.3) is 0 Å². The van der Waals surface area contributed by atoms with Crippen LogP contribution in [0.5, 0.6) is 0 Å². The number of benzene rings is 1. The lowest BCUT2D eigenvalue weighted by molar-refractivity contribution is -0.0896. The van der Waals surface area contributed by atoms with Crippen LogP contribution < -0.4 is 0 Å². The summed E-state index contributed by atoms with van der Waals surface area (Å²) in [5.41, 5.74) is 0.718. The summed E-state index contributed by atoms with van der Waals surface area (Å²) in [6.45, 7) is 4.72. The van der Waals surface area contributed by atoms with Crippen molar-refractivity contribution in [1.29, 1.82) is 0 Å². The Kier molecular flexibility index (Phi) is 6.16. The monoisotopic (exact) mass is 384 g/mol. The second-order valence-corrected chi connectivity index (χ2v) is 8.54. The topological polar surface area (TPSA) is 60.1 Å². The Bertz CT molecular complexity index is 713. The number of hydrogen-bond acceptors (Lipinski definition) is 5. The van der Waals surface area contributed by atoms with Gasteiger partial charge in [-0.3, -0.25) is 9.80 Å². The average molecular weight is 385 g/mol. The number of piperidine rings is 2. The van der Waals surface area contributed by atoms with Crippen LogP contribution >= 0.6 is 0 Å². The highest BCUT2D eigenvalue weighted by Crippen LogP contribution is 2.36. The fourth-order valence-electron chi connectivity index (χ4n) is 4.95. The predicted molar refractivity (Wildman–Crippen MR) is 109 cm³/mol. The van der Waals surface area contributed by atoms with Crippen molar-refractivity contribution in [1.82, 2.24) is 9.80 Å². The molecule has 5 heteroatoms. The minimum atomic E-state index is -0.467. The Balaban J connectivity index is 1.37. The first kappa shape index (κ1) is 19.6. The molecule has 1 aromatic carbocycles. The smallest absolute Gasteiger partial charge is 0.117 e. The van der Waals surface area contributed by atoms with Crippen LogP contribution in [0.3, 0.4) is 0 Å². The lowest BCUT2D eigenvalue weighted by atomic mass is 9.73. The summed E-state index contributed by atoms with van der Waals surface area (Å²) in [4.78, 5) is 4.98. The molecule has 2 N–H and O–H groups in total. The van der Waals surface area contributed by atoms with Crippen LogP contribution in [0.2, 0.25) is 0 Å². The molecular weight excluding hydrogens is 352 g/mol. The predicted octanol–water partition coefficient (Wildman–Crippen LogP) is 2.53. The van der Waals surface area contributed by atoms with Gasteiger partial charge in [0, 0.05) is 37.6 Å². The highest BCUT2D eigenvalue weighted by molar-refractivity contribution is 5.18. The van der Waals surface area contributed by atoms with Crippen molar-refractivity contribution in [2.75, 3.05) is 32.8 Å². The molecule has 3 heterocycles. The third-order valence-electron chi connectivity index (χ3n) is 6.66. The Morgan fingerprint density at radius 2 is 1.79 bits per heavy atom. The van der Waals surface area contributed by atoms with E-state index in [-0.39, 0.29) is 6.61 Å². The molecule has 2 aliphatic heterocycles. The van der Waals surface area contributed by atoms with E-state index in [2.05, 4.69) is 21.9 Å². The lowest BCUT2D eigenvalue weighted by Crippen LogP contribution is -2.58. The zero-order chi connectivity index (χ0) is 19.4. The van der Waals surface area contributed by atoms with Crippen LogP contribution in [-0.2, 0) is 13.0 Å². The largest absolute Gasteiger partial charge is 0.468 e. The van der Waals surface area contributed by atoms with E-state index in [4.69, 9.17) is 4.42 Å². The van der Waals surface area contributed by atoms with E-state index in [1.165, 1.54) is 5.56 Å². The van der Waals surface area contributed by atoms with E-state index in [9.17, 15) is 10.2 Å². The van der Waals surface area contributed by atoms with E-state index < -0.39 is 11.5 Å². The van der Waals surface area contributed by atoms with Crippen molar-refractivity contribution in [2.45, 2.75) is 44.4 Å². The molecule has 152 valence electrons. The number of aliphatic hydroxyl groups excluding tert-OH is 2. The number of furan rings is 1. The van der Waals surface area contributed by atoms with Gasteiger partial charge in [0.15, 0.2) is 0 Å². The van der Waals surface area contributed by atoms with Crippen LogP contribution in [0.1, 0.15) is 30.6 Å². The van der Waals surface area contributed by atoms with Crippen LogP contribution in [-0.4, -0.2) is 64.9 Å². The fraction of sp³-hybridized carbons (Fsp3) is 0.565. The maximum atomic E-state index is 10.8. The van der Waals surface area contributed by atoms with Gasteiger partial charge in [-0.2, -0.15) is 0 Å². The number of likely N-dealkylation sites (tertiary alicyclic amines) is 2. The normalized spacial score (nSPS) is 27.9. The number of nitrogens with zero attached hydrogens (tertiary/aromatic N) is 2. The van der Waals surface area contributed by atoms with Gasteiger partial charge in [0.2, 0.25) is 0 Å². The van der Waals surface area contributed by atoms with Gasteiger partial charge in [0.25, 0.3) is 0 Å². The molecule has 28 heavy (non-hydrogen) atoms. The average Bonchev–Trinajstić information content (AvgIpc) is 3.24. The van der Waals surface area contributed by atoms with Crippen molar-refractivity contribution >= 4 is 0 Å². The van der Waals surface area contributed by atoms with Gasteiger partial charge in [-0.25, -0.2) is 0 Å². The summed E-state index contributed by atoms with van der Waals surface area (Å²) in [5, 5.41) is 21.0. The van der Waals surface area contributed by atoms with E-state index in [1.807, 2.05) is 30.3 Å². The van der Waals surface area contributed by atoms with Gasteiger partial charge in [-0.1, -0.05) is 30.3 Å². The molecule has 2 fully saturated rings. The van der Waals surface area contributed by atoms with Crippen molar-refractivity contribution in [3.63, 3.8) is 0 Å². The SMILES string of the molecule is OC[C@@]1(Cc2ccccc2)CN(C2CCN(Cc3ccco3)CC2)CC[C@@H]1O. The Hall–Kier alpha value is -1.66. The number of aliphatic hydroxyl groups is 2. The number of hydrogen-bond donors (Lipinski definition) is 2. The maximum Gasteiger partial charge on any atom is 0.117 e. The Labute approximate surface area is 167 Å². The molecule has 0 spiro atoms. The molecule has 0 bridgehead atoms. The summed E-state index contributed by atoms with van der Waals surface area (Å²) in [7, 11) is 0.